The lowest BCUT2D eigenvalue weighted by molar-refractivity contribution is -0.144. The van der Waals surface area contributed by atoms with Gasteiger partial charge in [0.15, 0.2) is 0 Å². The van der Waals surface area contributed by atoms with E-state index < -0.39 is 0 Å². The normalized spacial score (nSPS) is 36.6. The van der Waals surface area contributed by atoms with Crippen molar-refractivity contribution in [2.45, 2.75) is 41.9 Å². The van der Waals surface area contributed by atoms with E-state index in [-0.39, 0.29) is 5.97 Å². The van der Waals surface area contributed by atoms with Crippen molar-refractivity contribution in [3.63, 3.8) is 0 Å². The molecule has 98 valence electrons. The van der Waals surface area contributed by atoms with Gasteiger partial charge in [-0.05, 0) is 32.1 Å². The molecule has 0 aromatic carbocycles. The number of thioether (sulfide) groups is 2. The van der Waals surface area contributed by atoms with Gasteiger partial charge in [-0.2, -0.15) is 0 Å². The number of ether oxygens (including phenoxy) is 1. The summed E-state index contributed by atoms with van der Waals surface area (Å²) >= 11 is 10.0. The molecule has 0 aromatic rings. The number of carbonyl (C=O) groups excluding carboxylic acids is 1. The van der Waals surface area contributed by atoms with Crippen molar-refractivity contribution in [2.24, 2.45) is 5.92 Å². The van der Waals surface area contributed by atoms with Crippen LogP contribution in [0.2, 0.25) is 0 Å². The molecule has 0 aromatic heterocycles. The van der Waals surface area contributed by atoms with Gasteiger partial charge in [-0.3, -0.25) is 4.79 Å². The molecule has 1 spiro atoms. The molecule has 1 saturated carbocycles. The van der Waals surface area contributed by atoms with E-state index in [4.69, 9.17) is 16.3 Å². The summed E-state index contributed by atoms with van der Waals surface area (Å²) < 4.78 is 5.38. The predicted octanol–water partition coefficient (Wildman–Crippen LogP) is 3.52. The fraction of sp³-hybridized carbons (Fsp3) is 0.917. The highest BCUT2D eigenvalue weighted by Gasteiger charge is 2.46. The van der Waals surface area contributed by atoms with Crippen LogP contribution in [-0.2, 0) is 9.53 Å². The highest BCUT2D eigenvalue weighted by Crippen LogP contribution is 2.59. The van der Waals surface area contributed by atoms with Crippen molar-refractivity contribution in [1.82, 2.24) is 0 Å². The van der Waals surface area contributed by atoms with Crippen LogP contribution in [0, 0.1) is 5.92 Å². The van der Waals surface area contributed by atoms with E-state index in [2.05, 4.69) is 11.8 Å². The molecule has 0 radical (unpaired) electrons. The van der Waals surface area contributed by atoms with Crippen LogP contribution in [0.15, 0.2) is 0 Å². The summed E-state index contributed by atoms with van der Waals surface area (Å²) in [6.07, 6.45) is 4.13. The number of halogens is 1. The van der Waals surface area contributed by atoms with Crippen LogP contribution in [0.4, 0.5) is 0 Å². The molecule has 3 atom stereocenters. The third kappa shape index (κ3) is 3.48. The SMILES string of the molecule is CCOC(=O)CC1CCC2(C1)SCC(CCl)S2. The minimum atomic E-state index is -0.0311. The molecule has 17 heavy (non-hydrogen) atoms. The Balaban J connectivity index is 1.81. The van der Waals surface area contributed by atoms with Crippen LogP contribution < -0.4 is 0 Å². The molecule has 2 aliphatic rings. The molecular weight excluding hydrogens is 276 g/mol. The van der Waals surface area contributed by atoms with Gasteiger partial charge in [-0.1, -0.05) is 0 Å². The lowest BCUT2D eigenvalue weighted by Gasteiger charge is -2.21. The van der Waals surface area contributed by atoms with E-state index in [0.29, 0.717) is 28.3 Å². The summed E-state index contributed by atoms with van der Waals surface area (Å²) in [6, 6.07) is 0. The van der Waals surface area contributed by atoms with Crippen LogP contribution >= 0.6 is 35.1 Å². The molecule has 3 unspecified atom stereocenters. The maximum atomic E-state index is 11.5. The second-order valence-electron chi connectivity index (χ2n) is 4.73. The number of rotatable bonds is 4. The average molecular weight is 295 g/mol. The molecule has 0 amide bonds. The molecule has 1 heterocycles. The largest absolute Gasteiger partial charge is 0.466 e. The number of hydrogen-bond acceptors (Lipinski definition) is 4. The Kier molecular flexibility index (Phi) is 4.96. The molecular formula is C12H19ClO2S2. The van der Waals surface area contributed by atoms with Crippen LogP contribution in [0.1, 0.15) is 32.6 Å². The molecule has 1 saturated heterocycles. The Morgan fingerprint density at radius 3 is 3.06 bits per heavy atom. The Hall–Kier alpha value is 0.460. The first-order valence-corrected chi connectivity index (χ1v) is 8.61. The van der Waals surface area contributed by atoms with E-state index in [0.717, 1.165) is 18.7 Å². The zero-order chi connectivity index (χ0) is 12.3. The molecule has 1 aliphatic heterocycles. The number of esters is 1. The molecule has 0 bridgehead atoms. The molecule has 0 N–H and O–H groups in total. The highest BCUT2D eigenvalue weighted by atomic mass is 35.5. The highest BCUT2D eigenvalue weighted by molar-refractivity contribution is 8.21. The van der Waals surface area contributed by atoms with Crippen molar-refractivity contribution in [1.29, 1.82) is 0 Å². The average Bonchev–Trinajstić information content (AvgIpc) is 2.87. The predicted molar refractivity (Wildman–Crippen MR) is 75.9 cm³/mol. The Morgan fingerprint density at radius 2 is 2.41 bits per heavy atom. The Labute approximate surface area is 117 Å². The Morgan fingerprint density at radius 1 is 1.59 bits per heavy atom. The van der Waals surface area contributed by atoms with Gasteiger partial charge in [0.05, 0.1) is 10.7 Å². The third-order valence-corrected chi connectivity index (χ3v) is 7.72. The van der Waals surface area contributed by atoms with Crippen molar-refractivity contribution in [3.05, 3.63) is 0 Å². The minimum absolute atomic E-state index is 0.0311. The monoisotopic (exact) mass is 294 g/mol. The van der Waals surface area contributed by atoms with E-state index in [1.807, 2.05) is 18.7 Å². The zero-order valence-corrected chi connectivity index (χ0v) is 12.5. The van der Waals surface area contributed by atoms with Crippen LogP contribution in [0.3, 0.4) is 0 Å². The second-order valence-corrected chi connectivity index (χ2v) is 8.39. The minimum Gasteiger partial charge on any atom is -0.466 e. The van der Waals surface area contributed by atoms with Crippen molar-refractivity contribution < 1.29 is 9.53 Å². The molecule has 5 heteroatoms. The van der Waals surface area contributed by atoms with E-state index in [9.17, 15) is 4.79 Å². The summed E-state index contributed by atoms with van der Waals surface area (Å²) in [7, 11) is 0. The summed E-state index contributed by atoms with van der Waals surface area (Å²) in [5.74, 6) is 2.40. The van der Waals surface area contributed by atoms with Gasteiger partial charge < -0.3 is 4.74 Å². The lowest BCUT2D eigenvalue weighted by Crippen LogP contribution is -2.15. The standard InChI is InChI=1S/C12H19ClO2S2/c1-2-15-11(14)5-9-3-4-12(6-9)16-8-10(7-13)17-12/h9-10H,2-8H2,1H3. The van der Waals surface area contributed by atoms with Crippen molar-refractivity contribution >= 4 is 41.1 Å². The van der Waals surface area contributed by atoms with Crippen LogP contribution in [0.25, 0.3) is 0 Å². The Bertz CT molecular complexity index is 288. The topological polar surface area (TPSA) is 26.3 Å². The van der Waals surface area contributed by atoms with Gasteiger partial charge in [-0.15, -0.1) is 35.1 Å². The maximum absolute atomic E-state index is 11.5. The lowest BCUT2D eigenvalue weighted by atomic mass is 10.0. The van der Waals surface area contributed by atoms with Gasteiger partial charge in [-0.25, -0.2) is 0 Å². The first-order chi connectivity index (χ1) is 8.17. The van der Waals surface area contributed by atoms with E-state index in [1.54, 1.807) is 0 Å². The van der Waals surface area contributed by atoms with E-state index in [1.165, 1.54) is 12.2 Å². The van der Waals surface area contributed by atoms with Gasteiger partial charge in [0.25, 0.3) is 0 Å². The summed E-state index contributed by atoms with van der Waals surface area (Å²) in [6.45, 7) is 2.36. The summed E-state index contributed by atoms with van der Waals surface area (Å²) in [5.41, 5.74) is 0. The second kappa shape index (κ2) is 6.07. The summed E-state index contributed by atoms with van der Waals surface area (Å²) in [5, 5.41) is 0.600. The van der Waals surface area contributed by atoms with Crippen molar-refractivity contribution in [3.8, 4) is 0 Å². The first kappa shape index (κ1) is 13.9. The molecule has 2 nitrogen and oxygen atoms in total. The molecule has 2 fully saturated rings. The quantitative estimate of drug-likeness (QED) is 0.585. The molecule has 1 aliphatic carbocycles. The van der Waals surface area contributed by atoms with Crippen LogP contribution in [0.5, 0.6) is 0 Å². The number of carbonyl (C=O) groups is 1. The maximum Gasteiger partial charge on any atom is 0.306 e. The third-order valence-electron chi connectivity index (χ3n) is 3.38. The van der Waals surface area contributed by atoms with Crippen LogP contribution in [-0.4, -0.2) is 33.5 Å². The summed E-state index contributed by atoms with van der Waals surface area (Å²) in [4.78, 5) is 11.5. The van der Waals surface area contributed by atoms with Gasteiger partial charge >= 0.3 is 5.97 Å². The fourth-order valence-electron chi connectivity index (χ4n) is 2.63. The van der Waals surface area contributed by atoms with E-state index >= 15 is 0 Å². The smallest absolute Gasteiger partial charge is 0.306 e. The van der Waals surface area contributed by atoms with Gasteiger partial charge in [0, 0.05) is 23.3 Å². The first-order valence-electron chi connectivity index (χ1n) is 6.21. The molecule has 2 rings (SSSR count). The van der Waals surface area contributed by atoms with Gasteiger partial charge in [0.2, 0.25) is 0 Å². The zero-order valence-electron chi connectivity index (χ0n) is 10.1. The fourth-order valence-corrected chi connectivity index (χ4v) is 6.88. The van der Waals surface area contributed by atoms with Crippen molar-refractivity contribution in [2.75, 3.05) is 18.2 Å². The number of alkyl halides is 1. The number of hydrogen-bond donors (Lipinski definition) is 0. The van der Waals surface area contributed by atoms with Gasteiger partial charge in [0.1, 0.15) is 0 Å².